The average molecular weight is 347 g/mol. The molecule has 1 aromatic rings. The summed E-state index contributed by atoms with van der Waals surface area (Å²) in [5, 5.41) is 6.60. The van der Waals surface area contributed by atoms with Crippen molar-refractivity contribution in [3.8, 4) is 11.5 Å². The first kappa shape index (κ1) is 19.1. The lowest BCUT2D eigenvalue weighted by molar-refractivity contribution is 0.153. The number of rotatable bonds is 8. The van der Waals surface area contributed by atoms with Crippen molar-refractivity contribution in [3.05, 3.63) is 29.8 Å². The van der Waals surface area contributed by atoms with E-state index >= 15 is 0 Å². The van der Waals surface area contributed by atoms with Gasteiger partial charge in [-0.1, -0.05) is 11.6 Å². The van der Waals surface area contributed by atoms with E-state index in [1.807, 2.05) is 25.1 Å². The molecule has 1 heterocycles. The predicted molar refractivity (Wildman–Crippen MR) is 102 cm³/mol. The minimum atomic E-state index is 0.590. The molecular weight excluding hydrogens is 318 g/mol. The molecule has 1 aliphatic rings. The van der Waals surface area contributed by atoms with Crippen LogP contribution in [0.2, 0.25) is 0 Å². The van der Waals surface area contributed by atoms with Gasteiger partial charge in [-0.15, -0.1) is 0 Å². The highest BCUT2D eigenvalue weighted by atomic mass is 16.5. The van der Waals surface area contributed by atoms with Gasteiger partial charge < -0.3 is 24.8 Å². The Balaban J connectivity index is 2.00. The van der Waals surface area contributed by atoms with E-state index in [0.717, 1.165) is 62.3 Å². The molecule has 0 aromatic heterocycles. The van der Waals surface area contributed by atoms with E-state index in [1.165, 1.54) is 5.57 Å². The summed E-state index contributed by atoms with van der Waals surface area (Å²) >= 11 is 0. The minimum absolute atomic E-state index is 0.590. The first-order chi connectivity index (χ1) is 12.3. The zero-order valence-electron chi connectivity index (χ0n) is 15.4. The van der Waals surface area contributed by atoms with Crippen molar-refractivity contribution in [2.45, 2.75) is 26.7 Å². The smallest absolute Gasteiger partial charge is 0.195 e. The maximum absolute atomic E-state index is 5.63. The van der Waals surface area contributed by atoms with Crippen molar-refractivity contribution >= 4 is 11.6 Å². The standard InChI is InChI=1S/C19H29N3O3/c1-4-20-19(21-11-8-15-9-12-24-13-10-15)22-16-6-7-17(23-3)18(14-16)25-5-2/h6-7,9,14H,4-5,8,10-13H2,1-3H3,(H2,20,21,22). The molecule has 1 aromatic carbocycles. The van der Waals surface area contributed by atoms with Crippen LogP contribution in [0.5, 0.6) is 11.5 Å². The van der Waals surface area contributed by atoms with Gasteiger partial charge in [-0.05, 0) is 38.8 Å². The molecule has 0 radical (unpaired) electrons. The first-order valence-electron chi connectivity index (χ1n) is 8.88. The van der Waals surface area contributed by atoms with Crippen LogP contribution >= 0.6 is 0 Å². The normalized spacial score (nSPS) is 14.7. The average Bonchev–Trinajstić information content (AvgIpc) is 2.63. The topological polar surface area (TPSA) is 64.1 Å². The number of anilines is 1. The monoisotopic (exact) mass is 347 g/mol. The molecule has 0 saturated carbocycles. The van der Waals surface area contributed by atoms with E-state index in [9.17, 15) is 0 Å². The van der Waals surface area contributed by atoms with Crippen LogP contribution in [0.25, 0.3) is 0 Å². The molecule has 0 atom stereocenters. The van der Waals surface area contributed by atoms with Crippen LogP contribution < -0.4 is 20.1 Å². The van der Waals surface area contributed by atoms with E-state index < -0.39 is 0 Å². The minimum Gasteiger partial charge on any atom is -0.493 e. The molecule has 2 N–H and O–H groups in total. The van der Waals surface area contributed by atoms with Gasteiger partial charge in [-0.2, -0.15) is 0 Å². The fourth-order valence-corrected chi connectivity index (χ4v) is 2.57. The summed E-state index contributed by atoms with van der Waals surface area (Å²) in [6.07, 6.45) is 4.14. The maximum atomic E-state index is 5.63. The molecule has 0 fully saturated rings. The molecule has 0 spiro atoms. The van der Waals surface area contributed by atoms with Crippen molar-refractivity contribution in [1.29, 1.82) is 0 Å². The van der Waals surface area contributed by atoms with Crippen LogP contribution in [0.4, 0.5) is 5.69 Å². The van der Waals surface area contributed by atoms with Crippen molar-refractivity contribution in [2.75, 3.05) is 45.3 Å². The SMILES string of the molecule is CCNC(=NCCC1=CCOCC1)Nc1ccc(OC)c(OCC)c1. The van der Waals surface area contributed by atoms with Crippen LogP contribution in [0, 0.1) is 0 Å². The molecule has 0 unspecified atom stereocenters. The number of hydrogen-bond donors (Lipinski definition) is 2. The van der Waals surface area contributed by atoms with E-state index in [1.54, 1.807) is 7.11 Å². The highest BCUT2D eigenvalue weighted by Crippen LogP contribution is 2.30. The molecule has 6 nitrogen and oxygen atoms in total. The quantitative estimate of drug-likeness (QED) is 0.429. The Morgan fingerprint density at radius 1 is 1.28 bits per heavy atom. The third-order valence-electron chi connectivity index (χ3n) is 3.83. The number of methoxy groups -OCH3 is 1. The maximum Gasteiger partial charge on any atom is 0.195 e. The summed E-state index contributed by atoms with van der Waals surface area (Å²) in [4.78, 5) is 4.66. The van der Waals surface area contributed by atoms with Crippen molar-refractivity contribution in [3.63, 3.8) is 0 Å². The fourth-order valence-electron chi connectivity index (χ4n) is 2.57. The van der Waals surface area contributed by atoms with Gasteiger partial charge in [-0.3, -0.25) is 4.99 Å². The van der Waals surface area contributed by atoms with Gasteiger partial charge in [0.1, 0.15) is 0 Å². The van der Waals surface area contributed by atoms with Crippen LogP contribution in [0.1, 0.15) is 26.7 Å². The molecule has 25 heavy (non-hydrogen) atoms. The van der Waals surface area contributed by atoms with Crippen LogP contribution in [-0.4, -0.2) is 46.0 Å². The van der Waals surface area contributed by atoms with Crippen LogP contribution in [0.15, 0.2) is 34.8 Å². The van der Waals surface area contributed by atoms with Gasteiger partial charge >= 0.3 is 0 Å². The van der Waals surface area contributed by atoms with Crippen LogP contribution in [0.3, 0.4) is 0 Å². The van der Waals surface area contributed by atoms with E-state index in [-0.39, 0.29) is 0 Å². The number of aliphatic imine (C=N–C) groups is 1. The number of benzene rings is 1. The van der Waals surface area contributed by atoms with Gasteiger partial charge in [0, 0.05) is 24.8 Å². The summed E-state index contributed by atoms with van der Waals surface area (Å²) in [5.41, 5.74) is 2.34. The Hall–Kier alpha value is -2.21. The number of hydrogen-bond acceptors (Lipinski definition) is 4. The zero-order chi connectivity index (χ0) is 17.9. The van der Waals surface area contributed by atoms with E-state index in [2.05, 4.69) is 28.6 Å². The molecule has 2 rings (SSSR count). The van der Waals surface area contributed by atoms with Gasteiger partial charge in [0.05, 0.1) is 26.9 Å². The van der Waals surface area contributed by atoms with Gasteiger partial charge in [0.2, 0.25) is 0 Å². The number of nitrogens with one attached hydrogen (secondary N) is 2. The van der Waals surface area contributed by atoms with Crippen LogP contribution in [-0.2, 0) is 4.74 Å². The molecule has 0 amide bonds. The van der Waals surface area contributed by atoms with E-state index in [4.69, 9.17) is 14.2 Å². The highest BCUT2D eigenvalue weighted by Gasteiger charge is 2.07. The molecule has 138 valence electrons. The summed E-state index contributed by atoms with van der Waals surface area (Å²) in [6.45, 7) is 7.69. The Kier molecular flexibility index (Phi) is 8.12. The van der Waals surface area contributed by atoms with Gasteiger partial charge in [0.25, 0.3) is 0 Å². The first-order valence-corrected chi connectivity index (χ1v) is 8.88. The molecule has 0 saturated heterocycles. The summed E-state index contributed by atoms with van der Waals surface area (Å²) in [5.74, 6) is 2.21. The van der Waals surface area contributed by atoms with Gasteiger partial charge in [0.15, 0.2) is 17.5 Å². The Labute approximate surface area is 150 Å². The molecule has 6 heteroatoms. The zero-order valence-corrected chi connectivity index (χ0v) is 15.4. The lowest BCUT2D eigenvalue weighted by Crippen LogP contribution is -2.30. The van der Waals surface area contributed by atoms with Crippen molar-refractivity contribution < 1.29 is 14.2 Å². The summed E-state index contributed by atoms with van der Waals surface area (Å²) in [6, 6.07) is 5.77. The lowest BCUT2D eigenvalue weighted by Gasteiger charge is -2.15. The fraction of sp³-hybridized carbons (Fsp3) is 0.526. The second-order valence-electron chi connectivity index (χ2n) is 5.62. The Bertz CT molecular complexity index is 600. The number of ether oxygens (including phenoxy) is 3. The second kappa shape index (κ2) is 10.6. The number of guanidine groups is 1. The molecule has 1 aliphatic heterocycles. The molecule has 0 bridgehead atoms. The highest BCUT2D eigenvalue weighted by molar-refractivity contribution is 5.93. The predicted octanol–water partition coefficient (Wildman–Crippen LogP) is 3.21. The lowest BCUT2D eigenvalue weighted by atomic mass is 10.1. The summed E-state index contributed by atoms with van der Waals surface area (Å²) in [7, 11) is 1.64. The van der Waals surface area contributed by atoms with Crippen molar-refractivity contribution in [2.24, 2.45) is 4.99 Å². The van der Waals surface area contributed by atoms with Gasteiger partial charge in [-0.25, -0.2) is 0 Å². The Morgan fingerprint density at radius 3 is 2.84 bits per heavy atom. The number of nitrogens with zero attached hydrogens (tertiary/aromatic N) is 1. The molecule has 0 aliphatic carbocycles. The third-order valence-corrected chi connectivity index (χ3v) is 3.83. The third kappa shape index (κ3) is 6.31. The Morgan fingerprint density at radius 2 is 2.16 bits per heavy atom. The second-order valence-corrected chi connectivity index (χ2v) is 5.62. The largest absolute Gasteiger partial charge is 0.493 e. The summed E-state index contributed by atoms with van der Waals surface area (Å²) < 4.78 is 16.3. The van der Waals surface area contributed by atoms with Crippen molar-refractivity contribution in [1.82, 2.24) is 5.32 Å². The molecular formula is C19H29N3O3. The van der Waals surface area contributed by atoms with E-state index in [0.29, 0.717) is 6.61 Å².